The number of ether oxygens (including phenoxy) is 3. The average molecular weight is 725 g/mol. The Hall–Kier alpha value is -1.56. The van der Waals surface area contributed by atoms with Gasteiger partial charge in [-0.05, 0) is 128 Å². The van der Waals surface area contributed by atoms with E-state index in [2.05, 4.69) is 27.7 Å². The highest BCUT2D eigenvalue weighted by atomic mass is 32.2. The molecule has 6 saturated carbocycles. The van der Waals surface area contributed by atoms with Crippen LogP contribution < -0.4 is 5.73 Å². The van der Waals surface area contributed by atoms with Gasteiger partial charge in [0.15, 0.2) is 16.1 Å². The van der Waals surface area contributed by atoms with Crippen LogP contribution in [0.15, 0.2) is 35.2 Å². The van der Waals surface area contributed by atoms with Crippen molar-refractivity contribution in [1.29, 1.82) is 0 Å². The van der Waals surface area contributed by atoms with Crippen molar-refractivity contribution in [3.05, 3.63) is 30.3 Å². The zero-order chi connectivity index (χ0) is 35.8. The van der Waals surface area contributed by atoms with E-state index in [9.17, 15) is 18.3 Å². The predicted octanol–water partition coefficient (Wildman–Crippen LogP) is 5.34. The summed E-state index contributed by atoms with van der Waals surface area (Å²) in [6.07, 6.45) is 8.94. The smallest absolute Gasteiger partial charge is 0.223 e. The van der Waals surface area contributed by atoms with Crippen LogP contribution in [0.25, 0.3) is 0 Å². The molecule has 1 aromatic carbocycles. The van der Waals surface area contributed by atoms with Gasteiger partial charge in [0.05, 0.1) is 53.8 Å². The second-order valence-corrected chi connectivity index (χ2v) is 21.3. The molecule has 0 radical (unpaired) electrons. The number of carbonyl (C=O) groups is 1. The van der Waals surface area contributed by atoms with Crippen LogP contribution in [0.5, 0.6) is 0 Å². The van der Waals surface area contributed by atoms with Crippen LogP contribution in [0.1, 0.15) is 98.3 Å². The molecule has 9 rings (SSSR count). The summed E-state index contributed by atoms with van der Waals surface area (Å²) in [5, 5.41) is 12.4. The highest BCUT2D eigenvalue weighted by Gasteiger charge is 2.85. The number of benzene rings is 1. The van der Waals surface area contributed by atoms with Gasteiger partial charge in [0.1, 0.15) is 0 Å². The number of sulfone groups is 1. The van der Waals surface area contributed by atoms with Crippen molar-refractivity contribution in [2.75, 3.05) is 25.4 Å². The maximum Gasteiger partial charge on any atom is 0.223 e. The quantitative estimate of drug-likeness (QED) is 0.386. The topological polar surface area (TPSA) is 128 Å². The molecular formula is C41H60N2O7S. The predicted molar refractivity (Wildman–Crippen MR) is 192 cm³/mol. The summed E-state index contributed by atoms with van der Waals surface area (Å²) in [4.78, 5) is 15.2. The molecule has 9 nitrogen and oxygen atoms in total. The van der Waals surface area contributed by atoms with E-state index in [-0.39, 0.29) is 63.5 Å². The maximum absolute atomic E-state index is 13.4. The van der Waals surface area contributed by atoms with Crippen LogP contribution in [0.4, 0.5) is 0 Å². The van der Waals surface area contributed by atoms with Gasteiger partial charge in [0, 0.05) is 13.0 Å². The summed E-state index contributed by atoms with van der Waals surface area (Å²) < 4.78 is 46.4. The second kappa shape index (κ2) is 11.7. The molecule has 8 fully saturated rings. The van der Waals surface area contributed by atoms with E-state index >= 15 is 0 Å². The monoisotopic (exact) mass is 724 g/mol. The zero-order valence-electron chi connectivity index (χ0n) is 31.1. The molecule has 0 bridgehead atoms. The van der Waals surface area contributed by atoms with Gasteiger partial charge in [0.25, 0.3) is 0 Å². The summed E-state index contributed by atoms with van der Waals surface area (Å²) in [6.45, 7) is 11.1. The van der Waals surface area contributed by atoms with Gasteiger partial charge in [-0.2, -0.15) is 0 Å². The van der Waals surface area contributed by atoms with Crippen molar-refractivity contribution < 1.29 is 32.5 Å². The number of hydrogen-bond donors (Lipinski definition) is 2. The van der Waals surface area contributed by atoms with Crippen LogP contribution >= 0.6 is 0 Å². The highest BCUT2D eigenvalue weighted by molar-refractivity contribution is 7.91. The Morgan fingerprint density at radius 2 is 1.75 bits per heavy atom. The molecule has 13 atom stereocenters. The molecule has 10 heteroatoms. The number of amides is 1. The molecule has 0 aromatic heterocycles. The largest absolute Gasteiger partial charge is 0.388 e. The van der Waals surface area contributed by atoms with E-state index in [4.69, 9.17) is 19.9 Å². The van der Waals surface area contributed by atoms with E-state index in [0.29, 0.717) is 49.3 Å². The minimum absolute atomic E-state index is 0.0593. The average Bonchev–Trinajstić information content (AvgIpc) is 4.02. The first kappa shape index (κ1) is 35.2. The number of morpholine rings is 1. The molecule has 6 unspecified atom stereocenters. The standard InChI is InChI=1S/C41H60N2O7S/c1-25-20-27(23-51(46,47)28-8-6-5-7-9-28)49-35-34(25)38(4)16-17-40-24-39(40)15-14-31(37(2,3)29(39)12-13-30(40)41(38,42)36(35)45)50-33-22-43(18-19-48-33)32(44)21-26-10-11-26/h5-9,25-27,29-31,33-36,45H,10-24,42H2,1-4H3/t25-,27?,29+,30?,31+,33+,34+,35?,36+,38?,39?,40?,41+/m1/s1. The lowest BCUT2D eigenvalue weighted by atomic mass is 9.43. The molecular weight excluding hydrogens is 665 g/mol. The van der Waals surface area contributed by atoms with Gasteiger partial charge >= 0.3 is 0 Å². The van der Waals surface area contributed by atoms with Crippen molar-refractivity contribution in [2.24, 2.45) is 57.0 Å². The number of rotatable bonds is 7. The summed E-state index contributed by atoms with van der Waals surface area (Å²) in [6, 6.07) is 8.64. The molecule has 6 aliphatic carbocycles. The molecule has 3 N–H and O–H groups in total. The minimum Gasteiger partial charge on any atom is -0.388 e. The van der Waals surface area contributed by atoms with E-state index in [0.717, 1.165) is 38.5 Å². The molecule has 282 valence electrons. The van der Waals surface area contributed by atoms with Crippen molar-refractivity contribution in [2.45, 2.75) is 139 Å². The number of aliphatic hydroxyl groups is 1. The van der Waals surface area contributed by atoms with Crippen LogP contribution in [0, 0.1) is 51.2 Å². The van der Waals surface area contributed by atoms with Crippen LogP contribution in [0.2, 0.25) is 0 Å². The fourth-order valence-corrected chi connectivity index (χ4v) is 15.6. The first-order valence-electron chi connectivity index (χ1n) is 20.1. The van der Waals surface area contributed by atoms with Gasteiger partial charge in [-0.3, -0.25) is 4.79 Å². The SMILES string of the molecule is C[C@@H]1CC(CS(=O)(=O)c2ccccc2)OC2[C@H]1C1(C)CCC34CC35CC[C@H](O[C@H]3CN(C(=O)CC6CC6)CCO3)C(C)(C)[C@@H]5CCC4[C@]1(N)[C@H]2O. The number of carbonyl (C=O) groups excluding carboxylic acids is 1. The van der Waals surface area contributed by atoms with Crippen LogP contribution in [-0.2, 0) is 28.8 Å². The third-order valence-electron chi connectivity index (χ3n) is 16.7. The Bertz CT molecular complexity index is 1650. The minimum atomic E-state index is -3.53. The lowest BCUT2D eigenvalue weighted by molar-refractivity contribution is -0.245. The molecule has 8 aliphatic rings. The van der Waals surface area contributed by atoms with Gasteiger partial charge in [-0.1, -0.05) is 45.9 Å². The molecule has 1 amide bonds. The van der Waals surface area contributed by atoms with Crippen LogP contribution in [-0.4, -0.2) is 86.0 Å². The highest BCUT2D eigenvalue weighted by Crippen LogP contribution is 2.87. The first-order chi connectivity index (χ1) is 24.2. The summed E-state index contributed by atoms with van der Waals surface area (Å²) in [5.74, 6) is 1.71. The molecule has 1 aromatic rings. The third-order valence-corrected chi connectivity index (χ3v) is 18.5. The summed E-state index contributed by atoms with van der Waals surface area (Å²) in [5.41, 5.74) is 6.94. The Kier molecular flexibility index (Phi) is 8.08. The normalized spacial score (nSPS) is 48.4. The van der Waals surface area contributed by atoms with Crippen molar-refractivity contribution in [3.8, 4) is 0 Å². The Balaban J connectivity index is 0.923. The van der Waals surface area contributed by atoms with Crippen LogP contribution in [0.3, 0.4) is 0 Å². The van der Waals surface area contributed by atoms with Crippen molar-refractivity contribution in [1.82, 2.24) is 4.90 Å². The van der Waals surface area contributed by atoms with Gasteiger partial charge in [-0.25, -0.2) is 8.42 Å². The zero-order valence-corrected chi connectivity index (χ0v) is 31.9. The van der Waals surface area contributed by atoms with Gasteiger partial charge in [0.2, 0.25) is 5.91 Å². The number of nitrogens with two attached hydrogens (primary N) is 1. The lowest BCUT2D eigenvalue weighted by Crippen LogP contribution is -2.70. The number of fused-ring (bicyclic) bond motifs is 4. The molecule has 51 heavy (non-hydrogen) atoms. The van der Waals surface area contributed by atoms with E-state index in [1.54, 1.807) is 24.3 Å². The van der Waals surface area contributed by atoms with E-state index in [1.165, 1.54) is 19.3 Å². The first-order valence-corrected chi connectivity index (χ1v) is 21.8. The lowest BCUT2D eigenvalue weighted by Gasteiger charge is -2.63. The van der Waals surface area contributed by atoms with Crippen molar-refractivity contribution in [3.63, 3.8) is 0 Å². The second-order valence-electron chi connectivity index (χ2n) is 19.3. The molecule has 2 saturated heterocycles. The Morgan fingerprint density at radius 3 is 2.49 bits per heavy atom. The molecule has 2 spiro atoms. The van der Waals surface area contributed by atoms with E-state index < -0.39 is 33.7 Å². The molecule has 2 aliphatic heterocycles. The van der Waals surface area contributed by atoms with Gasteiger partial charge in [-0.15, -0.1) is 0 Å². The van der Waals surface area contributed by atoms with Crippen molar-refractivity contribution >= 4 is 15.7 Å². The molecule has 2 heterocycles. The fraction of sp³-hybridized carbons (Fsp3) is 0.829. The Labute approximate surface area is 304 Å². The number of nitrogens with zero attached hydrogens (tertiary/aromatic N) is 1. The maximum atomic E-state index is 13.4. The number of hydrogen-bond acceptors (Lipinski definition) is 8. The summed E-state index contributed by atoms with van der Waals surface area (Å²) in [7, 11) is -3.53. The third kappa shape index (κ3) is 5.01. The fourth-order valence-electron chi connectivity index (χ4n) is 14.1. The van der Waals surface area contributed by atoms with E-state index in [1.807, 2.05) is 11.0 Å². The number of aliphatic hydroxyl groups excluding tert-OH is 1. The Morgan fingerprint density at radius 1 is 1.02 bits per heavy atom. The van der Waals surface area contributed by atoms with Gasteiger partial charge < -0.3 is 30.0 Å². The summed E-state index contributed by atoms with van der Waals surface area (Å²) >= 11 is 0.